The Hall–Kier alpha value is -1.44. The van der Waals surface area contributed by atoms with Gasteiger partial charge in [-0.25, -0.2) is 4.98 Å². The van der Waals surface area contributed by atoms with Gasteiger partial charge in [-0.15, -0.1) is 0 Å². The molecule has 0 aromatic carbocycles. The standard InChI is InChI=1S/C20H35N5O2/c1-5-22-9-13-25(14-10-22)20(26)17(3)24-8-6-7-23(11-12-24)15-19-21-16(2)18(4)27-19/h17H,5-15H2,1-4H3. The van der Waals surface area contributed by atoms with Crippen molar-refractivity contribution in [1.29, 1.82) is 0 Å². The van der Waals surface area contributed by atoms with Crippen molar-refractivity contribution in [1.82, 2.24) is 24.6 Å². The van der Waals surface area contributed by atoms with Crippen LogP contribution in [0.15, 0.2) is 4.42 Å². The van der Waals surface area contributed by atoms with Gasteiger partial charge in [-0.1, -0.05) is 6.92 Å². The molecule has 2 aliphatic rings. The molecule has 2 saturated heterocycles. The summed E-state index contributed by atoms with van der Waals surface area (Å²) in [5.74, 6) is 2.00. The molecule has 2 aliphatic heterocycles. The molecule has 1 aromatic rings. The second kappa shape index (κ2) is 9.17. The summed E-state index contributed by atoms with van der Waals surface area (Å²) in [5, 5.41) is 0. The molecule has 7 nitrogen and oxygen atoms in total. The molecule has 1 aromatic heterocycles. The highest BCUT2D eigenvalue weighted by atomic mass is 16.4. The van der Waals surface area contributed by atoms with E-state index in [0.29, 0.717) is 0 Å². The van der Waals surface area contributed by atoms with Gasteiger partial charge < -0.3 is 14.2 Å². The number of carbonyl (C=O) groups excluding carboxylic acids is 1. The first-order valence-electron chi connectivity index (χ1n) is 10.4. The van der Waals surface area contributed by atoms with Crippen LogP contribution < -0.4 is 0 Å². The summed E-state index contributed by atoms with van der Waals surface area (Å²) >= 11 is 0. The normalized spacial score (nSPS) is 22.0. The molecule has 1 unspecified atom stereocenters. The second-order valence-electron chi connectivity index (χ2n) is 7.85. The first kappa shape index (κ1) is 20.3. The lowest BCUT2D eigenvalue weighted by molar-refractivity contribution is -0.138. The average molecular weight is 378 g/mol. The van der Waals surface area contributed by atoms with Gasteiger partial charge in [-0.05, 0) is 40.3 Å². The van der Waals surface area contributed by atoms with Gasteiger partial charge in [0.05, 0.1) is 18.3 Å². The number of nitrogens with zero attached hydrogens (tertiary/aromatic N) is 5. The summed E-state index contributed by atoms with van der Waals surface area (Å²) in [6, 6.07) is -0.0376. The topological polar surface area (TPSA) is 56.1 Å². The molecule has 0 radical (unpaired) electrons. The van der Waals surface area contributed by atoms with E-state index in [1.807, 2.05) is 13.8 Å². The van der Waals surface area contributed by atoms with Crippen LogP contribution in [0.4, 0.5) is 0 Å². The van der Waals surface area contributed by atoms with Gasteiger partial charge in [0.25, 0.3) is 0 Å². The van der Waals surface area contributed by atoms with Gasteiger partial charge in [0.2, 0.25) is 11.8 Å². The highest BCUT2D eigenvalue weighted by Crippen LogP contribution is 2.15. The van der Waals surface area contributed by atoms with Crippen molar-refractivity contribution in [2.45, 2.75) is 46.7 Å². The van der Waals surface area contributed by atoms with E-state index in [1.165, 1.54) is 0 Å². The summed E-state index contributed by atoms with van der Waals surface area (Å²) in [7, 11) is 0. The Kier molecular flexibility index (Phi) is 6.89. The summed E-state index contributed by atoms with van der Waals surface area (Å²) in [5.41, 5.74) is 0.976. The molecule has 1 amide bonds. The zero-order valence-electron chi connectivity index (χ0n) is 17.4. The molecule has 2 fully saturated rings. The summed E-state index contributed by atoms with van der Waals surface area (Å²) < 4.78 is 5.74. The van der Waals surface area contributed by atoms with Crippen LogP contribution in [0, 0.1) is 13.8 Å². The van der Waals surface area contributed by atoms with Gasteiger partial charge in [0.1, 0.15) is 5.76 Å². The molecule has 0 aliphatic carbocycles. The number of aryl methyl sites for hydroxylation is 2. The number of rotatable bonds is 5. The third-order valence-electron chi connectivity index (χ3n) is 6.09. The van der Waals surface area contributed by atoms with Crippen molar-refractivity contribution in [3.8, 4) is 0 Å². The number of amides is 1. The van der Waals surface area contributed by atoms with Crippen LogP contribution in [0.5, 0.6) is 0 Å². The molecule has 0 N–H and O–H groups in total. The Bertz CT molecular complexity index is 604. The highest BCUT2D eigenvalue weighted by molar-refractivity contribution is 5.81. The second-order valence-corrected chi connectivity index (χ2v) is 7.85. The largest absolute Gasteiger partial charge is 0.444 e. The SMILES string of the molecule is CCN1CCN(C(=O)C(C)N2CCCN(Cc3nc(C)c(C)o3)CC2)CC1. The number of carbonyl (C=O) groups is 1. The fraction of sp³-hybridized carbons (Fsp3) is 0.800. The van der Waals surface area contributed by atoms with E-state index >= 15 is 0 Å². The highest BCUT2D eigenvalue weighted by Gasteiger charge is 2.29. The molecule has 3 rings (SSSR count). The van der Waals surface area contributed by atoms with E-state index in [0.717, 1.165) is 89.2 Å². The minimum Gasteiger partial charge on any atom is -0.444 e. The van der Waals surface area contributed by atoms with Crippen molar-refractivity contribution < 1.29 is 9.21 Å². The van der Waals surface area contributed by atoms with Crippen molar-refractivity contribution in [2.24, 2.45) is 0 Å². The van der Waals surface area contributed by atoms with E-state index in [9.17, 15) is 4.79 Å². The Balaban J connectivity index is 1.50. The van der Waals surface area contributed by atoms with Crippen molar-refractivity contribution in [3.05, 3.63) is 17.3 Å². The molecule has 0 bridgehead atoms. The molecule has 0 spiro atoms. The average Bonchev–Trinajstić information content (AvgIpc) is 2.86. The van der Waals surface area contributed by atoms with E-state index in [1.54, 1.807) is 0 Å². The summed E-state index contributed by atoms with van der Waals surface area (Å²) in [6.45, 7) is 17.6. The lowest BCUT2D eigenvalue weighted by Crippen LogP contribution is -2.54. The molecule has 3 heterocycles. The molecular weight excluding hydrogens is 342 g/mol. The van der Waals surface area contributed by atoms with Crippen LogP contribution in [0.2, 0.25) is 0 Å². The predicted molar refractivity (Wildman–Crippen MR) is 106 cm³/mol. The third kappa shape index (κ3) is 5.09. The molecule has 1 atom stereocenters. The summed E-state index contributed by atoms with van der Waals surface area (Å²) in [6.07, 6.45) is 1.07. The monoisotopic (exact) mass is 377 g/mol. The number of oxazole rings is 1. The zero-order chi connectivity index (χ0) is 19.4. The Labute approximate surface area is 163 Å². The summed E-state index contributed by atoms with van der Waals surface area (Å²) in [4.78, 5) is 26.6. The van der Waals surface area contributed by atoms with Crippen LogP contribution in [-0.4, -0.2) is 95.4 Å². The number of likely N-dealkylation sites (N-methyl/N-ethyl adjacent to an activating group) is 1. The lowest BCUT2D eigenvalue weighted by atomic mass is 10.2. The predicted octanol–water partition coefficient (Wildman–Crippen LogP) is 1.35. The van der Waals surface area contributed by atoms with Crippen LogP contribution in [0.3, 0.4) is 0 Å². The maximum absolute atomic E-state index is 12.9. The quantitative estimate of drug-likeness (QED) is 0.772. The fourth-order valence-corrected chi connectivity index (χ4v) is 4.04. The number of aromatic nitrogens is 1. The Morgan fingerprint density at radius 3 is 2.37 bits per heavy atom. The lowest BCUT2D eigenvalue weighted by Gasteiger charge is -2.37. The van der Waals surface area contributed by atoms with Crippen LogP contribution in [-0.2, 0) is 11.3 Å². The van der Waals surface area contributed by atoms with Gasteiger partial charge in [-0.3, -0.25) is 14.6 Å². The maximum Gasteiger partial charge on any atom is 0.239 e. The van der Waals surface area contributed by atoms with Gasteiger partial charge in [0, 0.05) is 45.8 Å². The molecule has 7 heteroatoms. The Morgan fingerprint density at radius 1 is 1.04 bits per heavy atom. The number of piperazine rings is 1. The number of hydrogen-bond donors (Lipinski definition) is 0. The van der Waals surface area contributed by atoms with Crippen molar-refractivity contribution in [2.75, 3.05) is 58.9 Å². The van der Waals surface area contributed by atoms with E-state index in [-0.39, 0.29) is 11.9 Å². The Morgan fingerprint density at radius 2 is 1.74 bits per heavy atom. The molecule has 152 valence electrons. The first-order chi connectivity index (χ1) is 13.0. The van der Waals surface area contributed by atoms with E-state index < -0.39 is 0 Å². The minimum absolute atomic E-state index is 0.0376. The minimum atomic E-state index is -0.0376. The van der Waals surface area contributed by atoms with Gasteiger partial charge >= 0.3 is 0 Å². The third-order valence-corrected chi connectivity index (χ3v) is 6.09. The van der Waals surface area contributed by atoms with E-state index in [4.69, 9.17) is 4.42 Å². The number of hydrogen-bond acceptors (Lipinski definition) is 6. The van der Waals surface area contributed by atoms with E-state index in [2.05, 4.69) is 38.4 Å². The van der Waals surface area contributed by atoms with Gasteiger partial charge in [0.15, 0.2) is 0 Å². The zero-order valence-corrected chi connectivity index (χ0v) is 17.4. The van der Waals surface area contributed by atoms with Gasteiger partial charge in [-0.2, -0.15) is 0 Å². The van der Waals surface area contributed by atoms with Crippen molar-refractivity contribution >= 4 is 5.91 Å². The van der Waals surface area contributed by atoms with Crippen LogP contribution >= 0.6 is 0 Å². The molecule has 27 heavy (non-hydrogen) atoms. The molecular formula is C20H35N5O2. The van der Waals surface area contributed by atoms with Crippen molar-refractivity contribution in [3.63, 3.8) is 0 Å². The van der Waals surface area contributed by atoms with Crippen LogP contribution in [0.25, 0.3) is 0 Å². The molecule has 0 saturated carbocycles. The smallest absolute Gasteiger partial charge is 0.239 e. The first-order valence-corrected chi connectivity index (χ1v) is 10.4. The fourth-order valence-electron chi connectivity index (χ4n) is 4.04. The maximum atomic E-state index is 12.9. The van der Waals surface area contributed by atoms with Crippen LogP contribution in [0.1, 0.15) is 37.6 Å².